The van der Waals surface area contributed by atoms with Crippen LogP contribution >= 0.6 is 15.9 Å². The van der Waals surface area contributed by atoms with Crippen LogP contribution < -0.4 is 0 Å². The SMILES string of the molecule is Brc1ccc2onc(-c3cnn(-c4ccccc4)c3)c2c1. The molecule has 0 saturated heterocycles. The van der Waals surface area contributed by atoms with Gasteiger partial charge in [-0.2, -0.15) is 5.10 Å². The molecule has 4 aromatic rings. The van der Waals surface area contributed by atoms with Gasteiger partial charge < -0.3 is 4.52 Å². The van der Waals surface area contributed by atoms with E-state index in [0.29, 0.717) is 0 Å². The van der Waals surface area contributed by atoms with Gasteiger partial charge in [-0.3, -0.25) is 0 Å². The van der Waals surface area contributed by atoms with E-state index in [0.717, 1.165) is 32.4 Å². The van der Waals surface area contributed by atoms with Crippen LogP contribution in [0.25, 0.3) is 27.9 Å². The highest BCUT2D eigenvalue weighted by Crippen LogP contribution is 2.30. The van der Waals surface area contributed by atoms with Crippen molar-refractivity contribution in [1.29, 1.82) is 0 Å². The molecule has 0 fully saturated rings. The van der Waals surface area contributed by atoms with Crippen molar-refractivity contribution in [2.45, 2.75) is 0 Å². The lowest BCUT2D eigenvalue weighted by atomic mass is 10.1. The molecule has 4 rings (SSSR count). The van der Waals surface area contributed by atoms with Crippen molar-refractivity contribution in [3.05, 3.63) is 65.4 Å². The molecule has 102 valence electrons. The summed E-state index contributed by atoms with van der Waals surface area (Å²) >= 11 is 3.48. The Bertz CT molecular complexity index is 912. The van der Waals surface area contributed by atoms with Crippen molar-refractivity contribution in [2.24, 2.45) is 0 Å². The van der Waals surface area contributed by atoms with Crippen molar-refractivity contribution in [3.8, 4) is 16.9 Å². The summed E-state index contributed by atoms with van der Waals surface area (Å²) < 4.78 is 8.19. The number of hydrogen-bond donors (Lipinski definition) is 0. The van der Waals surface area contributed by atoms with Crippen molar-refractivity contribution < 1.29 is 4.52 Å². The highest BCUT2D eigenvalue weighted by Gasteiger charge is 2.13. The third-order valence-electron chi connectivity index (χ3n) is 3.31. The van der Waals surface area contributed by atoms with Gasteiger partial charge in [0, 0.05) is 16.2 Å². The summed E-state index contributed by atoms with van der Waals surface area (Å²) in [4.78, 5) is 0. The molecule has 4 nitrogen and oxygen atoms in total. The minimum absolute atomic E-state index is 0.765. The number of benzene rings is 2. The summed E-state index contributed by atoms with van der Waals surface area (Å²) in [5.41, 5.74) is 3.50. The van der Waals surface area contributed by atoms with Gasteiger partial charge in [0.15, 0.2) is 5.58 Å². The van der Waals surface area contributed by atoms with E-state index in [1.165, 1.54) is 0 Å². The number of hydrogen-bond acceptors (Lipinski definition) is 3. The molecule has 0 N–H and O–H groups in total. The number of halogens is 1. The Morgan fingerprint density at radius 2 is 1.90 bits per heavy atom. The summed E-state index contributed by atoms with van der Waals surface area (Å²) in [5.74, 6) is 0. The highest BCUT2D eigenvalue weighted by atomic mass is 79.9. The van der Waals surface area contributed by atoms with E-state index in [2.05, 4.69) is 26.2 Å². The maximum Gasteiger partial charge on any atom is 0.167 e. The van der Waals surface area contributed by atoms with Crippen molar-refractivity contribution in [3.63, 3.8) is 0 Å². The minimum Gasteiger partial charge on any atom is -0.356 e. The molecular weight excluding hydrogens is 330 g/mol. The van der Waals surface area contributed by atoms with Gasteiger partial charge in [-0.25, -0.2) is 4.68 Å². The lowest BCUT2D eigenvalue weighted by Gasteiger charge is -1.98. The standard InChI is InChI=1S/C16H10BrN3O/c17-12-6-7-15-14(8-12)16(19-21-15)11-9-18-20(10-11)13-4-2-1-3-5-13/h1-10H. The largest absolute Gasteiger partial charge is 0.356 e. The fraction of sp³-hybridized carbons (Fsp3) is 0. The van der Waals surface area contributed by atoms with Gasteiger partial charge in [-0.1, -0.05) is 39.3 Å². The molecule has 0 aliphatic carbocycles. The van der Waals surface area contributed by atoms with Crippen LogP contribution in [0.1, 0.15) is 0 Å². The third kappa shape index (κ3) is 2.15. The number of para-hydroxylation sites is 1. The maximum atomic E-state index is 5.37. The number of aromatic nitrogens is 3. The summed E-state index contributed by atoms with van der Waals surface area (Å²) in [7, 11) is 0. The van der Waals surface area contributed by atoms with E-state index < -0.39 is 0 Å². The lowest BCUT2D eigenvalue weighted by Crippen LogP contribution is -1.92. The Balaban J connectivity index is 1.83. The van der Waals surface area contributed by atoms with E-state index in [9.17, 15) is 0 Å². The molecule has 0 amide bonds. The zero-order valence-electron chi connectivity index (χ0n) is 10.9. The van der Waals surface area contributed by atoms with Gasteiger partial charge >= 0.3 is 0 Å². The Morgan fingerprint density at radius 3 is 2.76 bits per heavy atom. The quantitative estimate of drug-likeness (QED) is 0.542. The summed E-state index contributed by atoms with van der Waals surface area (Å²) in [6.07, 6.45) is 3.75. The molecular formula is C16H10BrN3O. The van der Waals surface area contributed by atoms with Gasteiger partial charge in [0.25, 0.3) is 0 Å². The van der Waals surface area contributed by atoms with E-state index in [1.807, 2.05) is 59.4 Å². The first-order valence-electron chi connectivity index (χ1n) is 6.47. The van der Waals surface area contributed by atoms with Crippen LogP contribution in [0.5, 0.6) is 0 Å². The Kier molecular flexibility index (Phi) is 2.86. The monoisotopic (exact) mass is 339 g/mol. The van der Waals surface area contributed by atoms with E-state index in [4.69, 9.17) is 4.52 Å². The van der Waals surface area contributed by atoms with Gasteiger partial charge in [0.1, 0.15) is 5.69 Å². The molecule has 2 aromatic heterocycles. The smallest absolute Gasteiger partial charge is 0.167 e. The molecule has 2 aromatic carbocycles. The summed E-state index contributed by atoms with van der Waals surface area (Å²) in [5, 5.41) is 9.53. The van der Waals surface area contributed by atoms with Gasteiger partial charge in [0.2, 0.25) is 0 Å². The Morgan fingerprint density at radius 1 is 1.05 bits per heavy atom. The zero-order valence-corrected chi connectivity index (χ0v) is 12.5. The molecule has 0 atom stereocenters. The molecule has 0 aliphatic heterocycles. The second-order valence-corrected chi connectivity index (χ2v) is 5.60. The fourth-order valence-electron chi connectivity index (χ4n) is 2.29. The van der Waals surface area contributed by atoms with Crippen LogP contribution in [0.15, 0.2) is 69.9 Å². The molecule has 0 radical (unpaired) electrons. The van der Waals surface area contributed by atoms with Crippen LogP contribution in [0, 0.1) is 0 Å². The van der Waals surface area contributed by atoms with Gasteiger partial charge in [-0.15, -0.1) is 0 Å². The molecule has 21 heavy (non-hydrogen) atoms. The second-order valence-electron chi connectivity index (χ2n) is 4.68. The zero-order chi connectivity index (χ0) is 14.2. The molecule has 5 heteroatoms. The van der Waals surface area contributed by atoms with Crippen molar-refractivity contribution in [2.75, 3.05) is 0 Å². The van der Waals surface area contributed by atoms with Crippen molar-refractivity contribution in [1.82, 2.24) is 14.9 Å². The van der Waals surface area contributed by atoms with Gasteiger partial charge in [0.05, 0.1) is 17.3 Å². The van der Waals surface area contributed by atoms with Crippen LogP contribution in [0.4, 0.5) is 0 Å². The Labute approximate surface area is 129 Å². The lowest BCUT2D eigenvalue weighted by molar-refractivity contribution is 0.459. The molecule has 0 bridgehead atoms. The minimum atomic E-state index is 0.765. The van der Waals surface area contributed by atoms with Crippen LogP contribution in [-0.4, -0.2) is 14.9 Å². The predicted molar refractivity (Wildman–Crippen MR) is 84.3 cm³/mol. The molecule has 2 heterocycles. The maximum absolute atomic E-state index is 5.37. The normalized spacial score (nSPS) is 11.1. The average molecular weight is 340 g/mol. The predicted octanol–water partition coefficient (Wildman–Crippen LogP) is 4.44. The van der Waals surface area contributed by atoms with Crippen LogP contribution in [0.2, 0.25) is 0 Å². The van der Waals surface area contributed by atoms with Crippen LogP contribution in [0.3, 0.4) is 0 Å². The number of nitrogens with zero attached hydrogens (tertiary/aromatic N) is 3. The average Bonchev–Trinajstić information content (AvgIpc) is 3.14. The first kappa shape index (κ1) is 12.3. The van der Waals surface area contributed by atoms with E-state index in [-0.39, 0.29) is 0 Å². The molecule has 0 spiro atoms. The summed E-state index contributed by atoms with van der Waals surface area (Å²) in [6.45, 7) is 0. The molecule has 0 aliphatic rings. The molecule has 0 saturated carbocycles. The summed E-state index contributed by atoms with van der Waals surface area (Å²) in [6, 6.07) is 15.8. The number of fused-ring (bicyclic) bond motifs is 1. The fourth-order valence-corrected chi connectivity index (χ4v) is 2.65. The topological polar surface area (TPSA) is 43.9 Å². The number of rotatable bonds is 2. The first-order chi connectivity index (χ1) is 10.3. The van der Waals surface area contributed by atoms with E-state index in [1.54, 1.807) is 6.20 Å². The van der Waals surface area contributed by atoms with Crippen LogP contribution in [-0.2, 0) is 0 Å². The third-order valence-corrected chi connectivity index (χ3v) is 3.80. The highest BCUT2D eigenvalue weighted by molar-refractivity contribution is 9.10. The Hall–Kier alpha value is -2.40. The van der Waals surface area contributed by atoms with Gasteiger partial charge in [-0.05, 0) is 30.3 Å². The van der Waals surface area contributed by atoms with E-state index >= 15 is 0 Å². The molecule has 0 unspecified atom stereocenters. The first-order valence-corrected chi connectivity index (χ1v) is 7.26. The van der Waals surface area contributed by atoms with Crippen molar-refractivity contribution >= 4 is 26.9 Å². The second kappa shape index (κ2) is 4.86.